The minimum atomic E-state index is -0.789. The Morgan fingerprint density at radius 2 is 2.00 bits per heavy atom. The molecule has 1 heterocycles. The van der Waals surface area contributed by atoms with Gasteiger partial charge in [-0.1, -0.05) is 13.8 Å². The van der Waals surface area contributed by atoms with E-state index in [1.54, 1.807) is 0 Å². The lowest BCUT2D eigenvalue weighted by molar-refractivity contribution is -0.127. The van der Waals surface area contributed by atoms with Crippen LogP contribution in [0.1, 0.15) is 39.5 Å². The Hall–Kier alpha value is -1.14. The maximum absolute atomic E-state index is 12.0. The van der Waals surface area contributed by atoms with Crippen LogP contribution in [0, 0.1) is 5.41 Å². The predicted octanol–water partition coefficient (Wildman–Crippen LogP) is -0.478. The number of aliphatic hydroxyl groups is 1. The third-order valence-electron chi connectivity index (χ3n) is 4.45. The SMILES string of the molecule is CC1(C)CCC(O)(CNC(=O)C2CNC(=O)CN2)CC1. The van der Waals surface area contributed by atoms with Crippen LogP contribution in [-0.4, -0.2) is 48.2 Å². The second-order valence-corrected chi connectivity index (χ2v) is 6.84. The molecule has 1 saturated carbocycles. The summed E-state index contributed by atoms with van der Waals surface area (Å²) in [6.45, 7) is 5.17. The number of rotatable bonds is 3. The first-order chi connectivity index (χ1) is 9.30. The maximum atomic E-state index is 12.0. The molecule has 1 unspecified atom stereocenters. The fourth-order valence-electron chi connectivity index (χ4n) is 2.70. The average molecular weight is 283 g/mol. The number of nitrogens with one attached hydrogen (secondary N) is 3. The molecule has 2 fully saturated rings. The zero-order valence-corrected chi connectivity index (χ0v) is 12.3. The highest BCUT2D eigenvalue weighted by Crippen LogP contribution is 2.39. The molecule has 0 aromatic heterocycles. The standard InChI is InChI=1S/C14H25N3O3/c1-13(2)3-5-14(20,6-4-13)9-17-12(19)10-7-16-11(18)8-15-10/h10,15,20H,3-9H2,1-2H3,(H,16,18)(H,17,19). The normalized spacial score (nSPS) is 28.6. The van der Waals surface area contributed by atoms with Crippen molar-refractivity contribution in [2.24, 2.45) is 5.41 Å². The van der Waals surface area contributed by atoms with Crippen LogP contribution in [-0.2, 0) is 9.59 Å². The minimum Gasteiger partial charge on any atom is -0.388 e. The summed E-state index contributed by atoms with van der Waals surface area (Å²) in [4.78, 5) is 23.0. The Labute approximate surface area is 119 Å². The van der Waals surface area contributed by atoms with Crippen LogP contribution >= 0.6 is 0 Å². The van der Waals surface area contributed by atoms with Crippen LogP contribution in [0.25, 0.3) is 0 Å². The third kappa shape index (κ3) is 3.93. The summed E-state index contributed by atoms with van der Waals surface area (Å²) >= 11 is 0. The molecule has 20 heavy (non-hydrogen) atoms. The van der Waals surface area contributed by atoms with Crippen LogP contribution in [0.5, 0.6) is 0 Å². The van der Waals surface area contributed by atoms with Gasteiger partial charge in [0.2, 0.25) is 11.8 Å². The van der Waals surface area contributed by atoms with E-state index in [-0.39, 0.29) is 30.3 Å². The highest BCUT2D eigenvalue weighted by molar-refractivity contribution is 5.86. The molecular weight excluding hydrogens is 258 g/mol. The van der Waals surface area contributed by atoms with E-state index in [1.807, 2.05) is 0 Å². The largest absolute Gasteiger partial charge is 0.388 e. The maximum Gasteiger partial charge on any atom is 0.239 e. The molecule has 2 rings (SSSR count). The van der Waals surface area contributed by atoms with Crippen molar-refractivity contribution in [3.05, 3.63) is 0 Å². The van der Waals surface area contributed by atoms with Gasteiger partial charge in [-0.15, -0.1) is 0 Å². The summed E-state index contributed by atoms with van der Waals surface area (Å²) in [5, 5.41) is 18.8. The second-order valence-electron chi connectivity index (χ2n) is 6.84. The zero-order valence-electron chi connectivity index (χ0n) is 12.3. The van der Waals surface area contributed by atoms with Crippen molar-refractivity contribution in [2.45, 2.75) is 51.2 Å². The molecule has 0 aromatic rings. The Balaban J connectivity index is 1.77. The van der Waals surface area contributed by atoms with Crippen LogP contribution in [0.3, 0.4) is 0 Å². The van der Waals surface area contributed by atoms with Gasteiger partial charge in [0, 0.05) is 13.1 Å². The number of carbonyl (C=O) groups is 2. The average Bonchev–Trinajstić information content (AvgIpc) is 2.41. The van der Waals surface area contributed by atoms with Gasteiger partial charge in [-0.25, -0.2) is 0 Å². The fraction of sp³-hybridized carbons (Fsp3) is 0.857. The lowest BCUT2D eigenvalue weighted by Crippen LogP contribution is -2.59. The molecule has 6 nitrogen and oxygen atoms in total. The van der Waals surface area contributed by atoms with Crippen molar-refractivity contribution in [1.82, 2.24) is 16.0 Å². The van der Waals surface area contributed by atoms with Crippen molar-refractivity contribution in [2.75, 3.05) is 19.6 Å². The summed E-state index contributed by atoms with van der Waals surface area (Å²) in [7, 11) is 0. The Morgan fingerprint density at radius 1 is 1.35 bits per heavy atom. The highest BCUT2D eigenvalue weighted by Gasteiger charge is 2.37. The van der Waals surface area contributed by atoms with Crippen molar-refractivity contribution >= 4 is 11.8 Å². The first kappa shape index (κ1) is 15.3. The van der Waals surface area contributed by atoms with E-state index in [4.69, 9.17) is 0 Å². The van der Waals surface area contributed by atoms with Gasteiger partial charge in [0.05, 0.1) is 12.1 Å². The molecule has 0 spiro atoms. The quantitative estimate of drug-likeness (QED) is 0.563. The van der Waals surface area contributed by atoms with E-state index in [9.17, 15) is 14.7 Å². The molecule has 1 aliphatic carbocycles. The Bertz CT molecular complexity index is 375. The second kappa shape index (κ2) is 5.69. The number of hydrogen-bond donors (Lipinski definition) is 4. The van der Waals surface area contributed by atoms with Crippen molar-refractivity contribution in [1.29, 1.82) is 0 Å². The van der Waals surface area contributed by atoms with E-state index in [1.165, 1.54) is 0 Å². The highest BCUT2D eigenvalue weighted by atomic mass is 16.3. The first-order valence-corrected chi connectivity index (χ1v) is 7.30. The van der Waals surface area contributed by atoms with Crippen molar-refractivity contribution in [3.8, 4) is 0 Å². The molecule has 4 N–H and O–H groups in total. The molecule has 6 heteroatoms. The monoisotopic (exact) mass is 283 g/mol. The lowest BCUT2D eigenvalue weighted by atomic mass is 9.71. The summed E-state index contributed by atoms with van der Waals surface area (Å²) < 4.78 is 0. The smallest absolute Gasteiger partial charge is 0.239 e. The zero-order chi connectivity index (χ0) is 14.8. The molecule has 0 bridgehead atoms. The molecule has 1 saturated heterocycles. The molecule has 0 radical (unpaired) electrons. The third-order valence-corrected chi connectivity index (χ3v) is 4.45. The van der Waals surface area contributed by atoms with Crippen molar-refractivity contribution in [3.63, 3.8) is 0 Å². The van der Waals surface area contributed by atoms with Gasteiger partial charge < -0.3 is 15.7 Å². The Morgan fingerprint density at radius 3 is 2.55 bits per heavy atom. The van der Waals surface area contributed by atoms with Gasteiger partial charge in [0.15, 0.2) is 0 Å². The lowest BCUT2D eigenvalue weighted by Gasteiger charge is -2.40. The van der Waals surface area contributed by atoms with E-state index >= 15 is 0 Å². The summed E-state index contributed by atoms with van der Waals surface area (Å²) in [5.41, 5.74) is -0.505. The summed E-state index contributed by atoms with van der Waals surface area (Å²) in [6, 6.07) is -0.406. The number of piperazine rings is 1. The molecule has 2 aliphatic rings. The van der Waals surface area contributed by atoms with Crippen LogP contribution in [0.15, 0.2) is 0 Å². The van der Waals surface area contributed by atoms with E-state index in [0.29, 0.717) is 6.54 Å². The molecule has 1 atom stereocenters. The van der Waals surface area contributed by atoms with Crippen LogP contribution < -0.4 is 16.0 Å². The number of hydrogen-bond acceptors (Lipinski definition) is 4. The van der Waals surface area contributed by atoms with Gasteiger partial charge in [-0.3, -0.25) is 14.9 Å². The predicted molar refractivity (Wildman–Crippen MR) is 75.0 cm³/mol. The topological polar surface area (TPSA) is 90.5 Å². The minimum absolute atomic E-state index is 0.0952. The molecule has 0 aromatic carbocycles. The summed E-state index contributed by atoms with van der Waals surface area (Å²) in [5.74, 6) is -0.259. The van der Waals surface area contributed by atoms with Crippen LogP contribution in [0.2, 0.25) is 0 Å². The van der Waals surface area contributed by atoms with Crippen LogP contribution in [0.4, 0.5) is 0 Å². The number of carbonyl (C=O) groups excluding carboxylic acids is 2. The van der Waals surface area contributed by atoms with E-state index in [2.05, 4.69) is 29.8 Å². The van der Waals surface area contributed by atoms with E-state index < -0.39 is 11.6 Å². The van der Waals surface area contributed by atoms with Gasteiger partial charge in [0.1, 0.15) is 6.04 Å². The molecule has 2 amide bonds. The Kier molecular flexibility index (Phi) is 4.34. The molecular formula is C14H25N3O3. The van der Waals surface area contributed by atoms with Gasteiger partial charge in [0.25, 0.3) is 0 Å². The summed E-state index contributed by atoms with van der Waals surface area (Å²) in [6.07, 6.45) is 3.37. The fourth-order valence-corrected chi connectivity index (χ4v) is 2.70. The van der Waals surface area contributed by atoms with Gasteiger partial charge >= 0.3 is 0 Å². The molecule has 1 aliphatic heterocycles. The van der Waals surface area contributed by atoms with Crippen molar-refractivity contribution < 1.29 is 14.7 Å². The van der Waals surface area contributed by atoms with Gasteiger partial charge in [-0.05, 0) is 31.1 Å². The first-order valence-electron chi connectivity index (χ1n) is 7.30. The van der Waals surface area contributed by atoms with Gasteiger partial charge in [-0.2, -0.15) is 0 Å². The number of amides is 2. The van der Waals surface area contributed by atoms with E-state index in [0.717, 1.165) is 25.7 Å². The molecule has 114 valence electrons.